The Morgan fingerprint density at radius 2 is 1.83 bits per heavy atom. The molecule has 98 valence electrons. The summed E-state index contributed by atoms with van der Waals surface area (Å²) in [6.45, 7) is 10.3. The summed E-state index contributed by atoms with van der Waals surface area (Å²) in [5, 5.41) is 9.00. The van der Waals surface area contributed by atoms with E-state index >= 15 is 0 Å². The summed E-state index contributed by atoms with van der Waals surface area (Å²) in [5.74, 6) is 0. The van der Waals surface area contributed by atoms with Gasteiger partial charge in [-0.15, -0.1) is 0 Å². The molecule has 18 heavy (non-hydrogen) atoms. The summed E-state index contributed by atoms with van der Waals surface area (Å²) in [4.78, 5) is 2.37. The highest BCUT2D eigenvalue weighted by atomic mass is 15.1. The van der Waals surface area contributed by atoms with E-state index in [4.69, 9.17) is 5.26 Å². The average molecular weight is 244 g/mol. The van der Waals surface area contributed by atoms with Crippen molar-refractivity contribution in [1.82, 2.24) is 0 Å². The van der Waals surface area contributed by atoms with Crippen LogP contribution in [-0.4, -0.2) is 13.1 Å². The topological polar surface area (TPSA) is 27.0 Å². The van der Waals surface area contributed by atoms with Gasteiger partial charge in [-0.1, -0.05) is 17.7 Å². The Morgan fingerprint density at radius 3 is 2.33 bits per heavy atom. The third-order valence-electron chi connectivity index (χ3n) is 3.31. The molecule has 0 amide bonds. The predicted molar refractivity (Wildman–Crippen MR) is 77.7 cm³/mol. The molecule has 0 saturated carbocycles. The van der Waals surface area contributed by atoms with Gasteiger partial charge in [0.1, 0.15) is 0 Å². The lowest BCUT2D eigenvalue weighted by molar-refractivity contribution is 0.435. The fraction of sp³-hybridized carbons (Fsp3) is 0.562. The van der Waals surface area contributed by atoms with Crippen molar-refractivity contribution in [3.8, 4) is 6.07 Å². The van der Waals surface area contributed by atoms with E-state index in [1.54, 1.807) is 0 Å². The molecular formula is C16H24N2. The Balaban J connectivity index is 2.53. The van der Waals surface area contributed by atoms with E-state index in [0.29, 0.717) is 0 Å². The minimum atomic E-state index is -0.202. The number of benzene rings is 1. The lowest BCUT2D eigenvalue weighted by atomic mass is 9.90. The second-order valence-corrected chi connectivity index (χ2v) is 5.51. The average Bonchev–Trinajstić information content (AvgIpc) is 2.36. The highest BCUT2D eigenvalue weighted by Gasteiger charge is 2.16. The van der Waals surface area contributed by atoms with E-state index in [9.17, 15) is 0 Å². The molecule has 1 rings (SSSR count). The number of nitrogens with zero attached hydrogens (tertiary/aromatic N) is 2. The van der Waals surface area contributed by atoms with Crippen LogP contribution in [0.3, 0.4) is 0 Å². The molecule has 0 bridgehead atoms. The molecule has 2 nitrogen and oxygen atoms in total. The van der Waals surface area contributed by atoms with Crippen molar-refractivity contribution in [3.05, 3.63) is 29.8 Å². The molecule has 0 aliphatic heterocycles. The zero-order valence-electron chi connectivity index (χ0n) is 12.0. The first-order valence-corrected chi connectivity index (χ1v) is 6.71. The third-order valence-corrected chi connectivity index (χ3v) is 3.31. The summed E-state index contributed by atoms with van der Waals surface area (Å²) in [6, 6.07) is 11.0. The Labute approximate surface area is 111 Å². The number of hydrogen-bond donors (Lipinski definition) is 0. The molecule has 1 aromatic carbocycles. The summed E-state index contributed by atoms with van der Waals surface area (Å²) in [7, 11) is 0. The maximum absolute atomic E-state index is 9.00. The zero-order valence-corrected chi connectivity index (χ0v) is 12.0. The molecule has 2 heteroatoms. The number of anilines is 1. The van der Waals surface area contributed by atoms with Gasteiger partial charge in [0.25, 0.3) is 0 Å². The maximum Gasteiger partial charge on any atom is 0.0683 e. The molecule has 0 radical (unpaired) electrons. The quantitative estimate of drug-likeness (QED) is 0.751. The van der Waals surface area contributed by atoms with Crippen LogP contribution in [0.4, 0.5) is 5.69 Å². The summed E-state index contributed by atoms with van der Waals surface area (Å²) < 4.78 is 0. The largest absolute Gasteiger partial charge is 0.372 e. The van der Waals surface area contributed by atoms with Crippen LogP contribution in [0.15, 0.2) is 24.3 Å². The Hall–Kier alpha value is -1.49. The molecule has 0 aliphatic carbocycles. The van der Waals surface area contributed by atoms with Gasteiger partial charge in [0.2, 0.25) is 0 Å². The first-order valence-electron chi connectivity index (χ1n) is 6.71. The fourth-order valence-corrected chi connectivity index (χ4v) is 1.99. The van der Waals surface area contributed by atoms with E-state index in [0.717, 1.165) is 25.9 Å². The zero-order chi connectivity index (χ0) is 13.6. The van der Waals surface area contributed by atoms with Crippen LogP contribution >= 0.6 is 0 Å². The number of rotatable bonds is 6. The Kier molecular flexibility index (Phi) is 5.22. The maximum atomic E-state index is 9.00. The molecule has 1 aromatic rings. The van der Waals surface area contributed by atoms with Gasteiger partial charge in [0, 0.05) is 18.8 Å². The van der Waals surface area contributed by atoms with Gasteiger partial charge in [-0.3, -0.25) is 0 Å². The van der Waals surface area contributed by atoms with Crippen LogP contribution < -0.4 is 4.90 Å². The van der Waals surface area contributed by atoms with Gasteiger partial charge in [-0.2, -0.15) is 5.26 Å². The lowest BCUT2D eigenvalue weighted by Crippen LogP contribution is -2.25. The standard InChI is InChI=1S/C16H24N2/c1-5-18(12-6-11-16(3,4)13-17)15-9-7-14(2)8-10-15/h7-10H,5-6,11-12H2,1-4H3. The minimum absolute atomic E-state index is 0.202. The lowest BCUT2D eigenvalue weighted by Gasteiger charge is -2.25. The highest BCUT2D eigenvalue weighted by Crippen LogP contribution is 2.22. The van der Waals surface area contributed by atoms with Crippen LogP contribution in [0.2, 0.25) is 0 Å². The molecule has 0 saturated heterocycles. The molecule has 0 unspecified atom stereocenters. The minimum Gasteiger partial charge on any atom is -0.372 e. The molecule has 0 aromatic heterocycles. The van der Waals surface area contributed by atoms with Crippen molar-refractivity contribution in [2.75, 3.05) is 18.0 Å². The SMILES string of the molecule is CCN(CCCC(C)(C)C#N)c1ccc(C)cc1. The molecule has 0 atom stereocenters. The van der Waals surface area contributed by atoms with Gasteiger partial charge in [0.15, 0.2) is 0 Å². The fourth-order valence-electron chi connectivity index (χ4n) is 1.99. The van der Waals surface area contributed by atoms with Gasteiger partial charge in [-0.25, -0.2) is 0 Å². The second-order valence-electron chi connectivity index (χ2n) is 5.51. The number of hydrogen-bond acceptors (Lipinski definition) is 2. The first-order chi connectivity index (χ1) is 8.48. The molecule has 0 fully saturated rings. The third kappa shape index (κ3) is 4.41. The van der Waals surface area contributed by atoms with Crippen molar-refractivity contribution in [2.24, 2.45) is 5.41 Å². The van der Waals surface area contributed by atoms with Crippen molar-refractivity contribution in [2.45, 2.75) is 40.5 Å². The normalized spacial score (nSPS) is 11.1. The van der Waals surface area contributed by atoms with E-state index < -0.39 is 0 Å². The van der Waals surface area contributed by atoms with Crippen LogP contribution in [0.1, 0.15) is 39.2 Å². The van der Waals surface area contributed by atoms with Gasteiger partial charge in [0.05, 0.1) is 11.5 Å². The van der Waals surface area contributed by atoms with E-state index in [1.165, 1.54) is 11.3 Å². The van der Waals surface area contributed by atoms with Gasteiger partial charge in [-0.05, 0) is 52.7 Å². The number of nitriles is 1. The molecule has 0 N–H and O–H groups in total. The van der Waals surface area contributed by atoms with E-state index in [-0.39, 0.29) is 5.41 Å². The van der Waals surface area contributed by atoms with E-state index in [2.05, 4.69) is 49.1 Å². The molecule has 0 spiro atoms. The first kappa shape index (κ1) is 14.6. The van der Waals surface area contributed by atoms with Crippen molar-refractivity contribution >= 4 is 5.69 Å². The van der Waals surface area contributed by atoms with Gasteiger partial charge >= 0.3 is 0 Å². The monoisotopic (exact) mass is 244 g/mol. The second kappa shape index (κ2) is 6.44. The summed E-state index contributed by atoms with van der Waals surface area (Å²) in [5.41, 5.74) is 2.37. The van der Waals surface area contributed by atoms with E-state index in [1.807, 2.05) is 13.8 Å². The Bertz CT molecular complexity index is 398. The predicted octanol–water partition coefficient (Wildman–Crippen LogP) is 4.15. The van der Waals surface area contributed by atoms with Crippen LogP contribution in [0.5, 0.6) is 0 Å². The van der Waals surface area contributed by atoms with Crippen molar-refractivity contribution in [1.29, 1.82) is 5.26 Å². The number of aryl methyl sites for hydroxylation is 1. The van der Waals surface area contributed by atoms with Crippen molar-refractivity contribution < 1.29 is 0 Å². The molecular weight excluding hydrogens is 220 g/mol. The van der Waals surface area contributed by atoms with Gasteiger partial charge < -0.3 is 4.90 Å². The summed E-state index contributed by atoms with van der Waals surface area (Å²) >= 11 is 0. The molecule has 0 heterocycles. The smallest absolute Gasteiger partial charge is 0.0683 e. The molecule has 0 aliphatic rings. The Morgan fingerprint density at radius 1 is 1.22 bits per heavy atom. The van der Waals surface area contributed by atoms with Crippen molar-refractivity contribution in [3.63, 3.8) is 0 Å². The van der Waals surface area contributed by atoms with Crippen LogP contribution in [0, 0.1) is 23.7 Å². The summed E-state index contributed by atoms with van der Waals surface area (Å²) in [6.07, 6.45) is 2.01. The van der Waals surface area contributed by atoms with Crippen LogP contribution in [0.25, 0.3) is 0 Å². The van der Waals surface area contributed by atoms with Crippen LogP contribution in [-0.2, 0) is 0 Å². The highest BCUT2D eigenvalue weighted by molar-refractivity contribution is 5.47.